The monoisotopic (exact) mass is 233 g/mol. The van der Waals surface area contributed by atoms with Gasteiger partial charge in [0.15, 0.2) is 5.16 Å². The van der Waals surface area contributed by atoms with Gasteiger partial charge in [0.05, 0.1) is 4.70 Å². The fourth-order valence-corrected chi connectivity index (χ4v) is 2.91. The third-order valence-corrected chi connectivity index (χ3v) is 3.81. The number of aromatic nitrogens is 3. The van der Waals surface area contributed by atoms with Gasteiger partial charge in [0.25, 0.3) is 0 Å². The molecule has 15 heavy (non-hydrogen) atoms. The minimum atomic E-state index is 0.821. The Kier molecular flexibility index (Phi) is 2.07. The summed E-state index contributed by atoms with van der Waals surface area (Å²) >= 11 is 3.23. The first-order valence-electron chi connectivity index (χ1n) is 4.42. The van der Waals surface area contributed by atoms with Crippen LogP contribution in [0.15, 0.2) is 29.8 Å². The Morgan fingerprint density at radius 1 is 1.27 bits per heavy atom. The van der Waals surface area contributed by atoms with E-state index in [1.54, 1.807) is 29.3 Å². The number of hydrogen-bond donors (Lipinski definition) is 0. The van der Waals surface area contributed by atoms with Gasteiger partial charge in [-0.2, -0.15) is 0 Å². The van der Waals surface area contributed by atoms with E-state index in [0.717, 1.165) is 15.4 Å². The van der Waals surface area contributed by atoms with Crippen molar-refractivity contribution >= 4 is 43.4 Å². The first-order valence-corrected chi connectivity index (χ1v) is 6.46. The van der Waals surface area contributed by atoms with Gasteiger partial charge in [0.1, 0.15) is 4.83 Å². The molecule has 74 valence electrons. The summed E-state index contributed by atoms with van der Waals surface area (Å²) in [4.78, 5) is 13.9. The number of pyridine rings is 1. The van der Waals surface area contributed by atoms with E-state index in [1.165, 1.54) is 10.1 Å². The second-order valence-corrected chi connectivity index (χ2v) is 4.85. The van der Waals surface area contributed by atoms with Crippen molar-refractivity contribution in [2.75, 3.05) is 6.26 Å². The van der Waals surface area contributed by atoms with Crippen LogP contribution in [0.4, 0.5) is 0 Å². The third kappa shape index (κ3) is 1.39. The SMILES string of the molecule is CSc1ncc2c(n1)sc1cnccc12. The molecule has 0 atom stereocenters. The Hall–Kier alpha value is -1.20. The molecule has 0 aliphatic carbocycles. The average molecular weight is 233 g/mol. The zero-order valence-corrected chi connectivity index (χ0v) is 9.60. The van der Waals surface area contributed by atoms with E-state index in [9.17, 15) is 0 Å². The maximum absolute atomic E-state index is 4.47. The number of nitrogens with zero attached hydrogens (tertiary/aromatic N) is 3. The summed E-state index contributed by atoms with van der Waals surface area (Å²) < 4.78 is 1.17. The van der Waals surface area contributed by atoms with E-state index in [2.05, 4.69) is 15.0 Å². The first-order chi connectivity index (χ1) is 7.38. The standard InChI is InChI=1S/C10H7N3S2/c1-14-10-12-4-7-6-2-3-11-5-8(6)15-9(7)13-10/h2-5H,1H3. The summed E-state index contributed by atoms with van der Waals surface area (Å²) in [5.41, 5.74) is 0. The number of thioether (sulfide) groups is 1. The molecule has 3 nitrogen and oxygen atoms in total. The number of rotatable bonds is 1. The van der Waals surface area contributed by atoms with Crippen LogP contribution in [0.5, 0.6) is 0 Å². The Balaban J connectivity index is 2.43. The lowest BCUT2D eigenvalue weighted by Crippen LogP contribution is -1.82. The summed E-state index contributed by atoms with van der Waals surface area (Å²) in [5, 5.41) is 3.13. The molecule has 0 saturated heterocycles. The van der Waals surface area contributed by atoms with Gasteiger partial charge in [-0.1, -0.05) is 11.8 Å². The van der Waals surface area contributed by atoms with Gasteiger partial charge >= 0.3 is 0 Å². The molecule has 3 rings (SSSR count). The Bertz CT molecular complexity index is 633. The van der Waals surface area contributed by atoms with E-state index in [1.807, 2.05) is 24.7 Å². The van der Waals surface area contributed by atoms with Gasteiger partial charge in [-0.05, 0) is 12.3 Å². The maximum atomic E-state index is 4.47. The molecule has 0 aliphatic heterocycles. The van der Waals surface area contributed by atoms with E-state index >= 15 is 0 Å². The number of hydrogen-bond acceptors (Lipinski definition) is 5. The predicted molar refractivity (Wildman–Crippen MR) is 64.5 cm³/mol. The van der Waals surface area contributed by atoms with E-state index in [4.69, 9.17) is 0 Å². The Labute approximate surface area is 94.6 Å². The zero-order valence-electron chi connectivity index (χ0n) is 7.97. The smallest absolute Gasteiger partial charge is 0.188 e. The molecule has 0 amide bonds. The largest absolute Gasteiger partial charge is 0.263 e. The van der Waals surface area contributed by atoms with Gasteiger partial charge in [0.2, 0.25) is 0 Å². The maximum Gasteiger partial charge on any atom is 0.188 e. The van der Waals surface area contributed by atoms with Crippen LogP contribution in [-0.2, 0) is 0 Å². The Morgan fingerprint density at radius 2 is 2.20 bits per heavy atom. The molecule has 0 N–H and O–H groups in total. The summed E-state index contributed by atoms with van der Waals surface area (Å²) in [7, 11) is 0. The van der Waals surface area contributed by atoms with Crippen LogP contribution in [0.2, 0.25) is 0 Å². The molecule has 0 spiro atoms. The highest BCUT2D eigenvalue weighted by atomic mass is 32.2. The van der Waals surface area contributed by atoms with Gasteiger partial charge in [-0.3, -0.25) is 4.98 Å². The third-order valence-electron chi connectivity index (χ3n) is 2.20. The van der Waals surface area contributed by atoms with Crippen molar-refractivity contribution in [3.05, 3.63) is 24.7 Å². The molecule has 5 heteroatoms. The van der Waals surface area contributed by atoms with E-state index in [-0.39, 0.29) is 0 Å². The minimum Gasteiger partial charge on any atom is -0.263 e. The van der Waals surface area contributed by atoms with Crippen molar-refractivity contribution in [3.63, 3.8) is 0 Å². The van der Waals surface area contributed by atoms with Crippen molar-refractivity contribution in [2.45, 2.75) is 5.16 Å². The second kappa shape index (κ2) is 3.43. The van der Waals surface area contributed by atoms with Gasteiger partial charge < -0.3 is 0 Å². The van der Waals surface area contributed by atoms with Crippen LogP contribution in [0.1, 0.15) is 0 Å². The van der Waals surface area contributed by atoms with Crippen molar-refractivity contribution < 1.29 is 0 Å². The molecular formula is C10H7N3S2. The lowest BCUT2D eigenvalue weighted by Gasteiger charge is -1.93. The van der Waals surface area contributed by atoms with Crippen molar-refractivity contribution in [1.29, 1.82) is 0 Å². The molecule has 0 aromatic carbocycles. The molecular weight excluding hydrogens is 226 g/mol. The fourth-order valence-electron chi connectivity index (χ4n) is 1.50. The van der Waals surface area contributed by atoms with Crippen LogP contribution in [0.25, 0.3) is 20.3 Å². The first kappa shape index (κ1) is 9.06. The normalized spacial score (nSPS) is 11.3. The highest BCUT2D eigenvalue weighted by Gasteiger charge is 2.06. The predicted octanol–water partition coefficient (Wildman–Crippen LogP) is 2.96. The van der Waals surface area contributed by atoms with Crippen LogP contribution in [0, 0.1) is 0 Å². The van der Waals surface area contributed by atoms with Crippen LogP contribution < -0.4 is 0 Å². The summed E-state index contributed by atoms with van der Waals surface area (Å²) in [6, 6.07) is 2.01. The molecule has 0 fully saturated rings. The van der Waals surface area contributed by atoms with Gasteiger partial charge in [-0.25, -0.2) is 9.97 Å². The number of thiophene rings is 1. The van der Waals surface area contributed by atoms with E-state index < -0.39 is 0 Å². The van der Waals surface area contributed by atoms with Crippen LogP contribution in [0.3, 0.4) is 0 Å². The molecule has 0 saturated carbocycles. The molecule has 0 bridgehead atoms. The van der Waals surface area contributed by atoms with Crippen molar-refractivity contribution in [2.24, 2.45) is 0 Å². The molecule has 0 aliphatic rings. The lowest BCUT2D eigenvalue weighted by atomic mass is 10.2. The Morgan fingerprint density at radius 3 is 3.07 bits per heavy atom. The fraction of sp³-hybridized carbons (Fsp3) is 0.100. The summed E-state index contributed by atoms with van der Waals surface area (Å²) in [6.07, 6.45) is 7.56. The van der Waals surface area contributed by atoms with E-state index in [0.29, 0.717) is 0 Å². The zero-order chi connectivity index (χ0) is 10.3. The lowest BCUT2D eigenvalue weighted by molar-refractivity contribution is 1.01. The van der Waals surface area contributed by atoms with Gasteiger partial charge in [0, 0.05) is 29.4 Å². The second-order valence-electron chi connectivity index (χ2n) is 3.05. The molecule has 3 aromatic rings. The topological polar surface area (TPSA) is 38.7 Å². The summed E-state index contributed by atoms with van der Waals surface area (Å²) in [6.45, 7) is 0. The minimum absolute atomic E-state index is 0.821. The van der Waals surface area contributed by atoms with Crippen molar-refractivity contribution in [1.82, 2.24) is 15.0 Å². The highest BCUT2D eigenvalue weighted by molar-refractivity contribution is 7.98. The molecule has 3 aromatic heterocycles. The average Bonchev–Trinajstić information content (AvgIpc) is 2.66. The number of fused-ring (bicyclic) bond motifs is 3. The van der Waals surface area contributed by atoms with Gasteiger partial charge in [-0.15, -0.1) is 11.3 Å². The van der Waals surface area contributed by atoms with Crippen molar-refractivity contribution in [3.8, 4) is 0 Å². The quantitative estimate of drug-likeness (QED) is 0.478. The summed E-state index contributed by atoms with van der Waals surface area (Å²) in [5.74, 6) is 0. The van der Waals surface area contributed by atoms with Crippen LogP contribution >= 0.6 is 23.1 Å². The highest BCUT2D eigenvalue weighted by Crippen LogP contribution is 2.31. The van der Waals surface area contributed by atoms with Crippen LogP contribution in [-0.4, -0.2) is 21.2 Å². The molecule has 0 unspecified atom stereocenters. The molecule has 0 radical (unpaired) electrons. The molecule has 3 heterocycles.